The van der Waals surface area contributed by atoms with E-state index in [1.165, 1.54) is 19.3 Å². The molecule has 0 bridgehead atoms. The van der Waals surface area contributed by atoms with Crippen molar-refractivity contribution < 1.29 is 5.11 Å². The molecule has 0 spiro atoms. The first-order valence-corrected chi connectivity index (χ1v) is 5.40. The summed E-state index contributed by atoms with van der Waals surface area (Å²) in [6, 6.07) is 0. The number of hydrogen-bond acceptors (Lipinski definition) is 2. The molecule has 0 aromatic carbocycles. The van der Waals surface area contributed by atoms with E-state index in [0.29, 0.717) is 5.41 Å². The van der Waals surface area contributed by atoms with Gasteiger partial charge in [0, 0.05) is 0 Å². The Morgan fingerprint density at radius 2 is 1.82 bits per heavy atom. The van der Waals surface area contributed by atoms with Crippen LogP contribution in [0.5, 0.6) is 0 Å². The molecule has 0 aromatic rings. The fourth-order valence-corrected chi connectivity index (χ4v) is 1.46. The second kappa shape index (κ2) is 5.90. The minimum atomic E-state index is 0.273. The number of aliphatic hydroxyl groups excluding tert-OH is 1. The van der Waals surface area contributed by atoms with Crippen LogP contribution < -0.4 is 0 Å². The summed E-state index contributed by atoms with van der Waals surface area (Å²) >= 11 is 1.61. The number of thioether (sulfide) groups is 1. The molecular formula is C9H20OS. The van der Waals surface area contributed by atoms with E-state index in [2.05, 4.69) is 20.8 Å². The van der Waals surface area contributed by atoms with Gasteiger partial charge in [-0.2, -0.15) is 0 Å². The number of hydrogen-bond donors (Lipinski definition) is 1. The standard InChI is InChI=1S/C9H20OS/c1-9(2,3)6-4-5-7-11-8-10/h10H,4-8H2,1-3H3. The third-order valence-corrected chi connectivity index (χ3v) is 2.32. The van der Waals surface area contributed by atoms with Gasteiger partial charge in [0.05, 0.1) is 5.94 Å². The van der Waals surface area contributed by atoms with Crippen LogP contribution in [-0.2, 0) is 0 Å². The average Bonchev–Trinajstić information content (AvgIpc) is 1.85. The van der Waals surface area contributed by atoms with Crippen molar-refractivity contribution in [3.05, 3.63) is 0 Å². The Labute approximate surface area is 74.6 Å². The van der Waals surface area contributed by atoms with Gasteiger partial charge in [-0.25, -0.2) is 0 Å². The van der Waals surface area contributed by atoms with Crippen molar-refractivity contribution in [3.63, 3.8) is 0 Å². The van der Waals surface area contributed by atoms with Crippen LogP contribution >= 0.6 is 11.8 Å². The summed E-state index contributed by atoms with van der Waals surface area (Å²) in [5.74, 6) is 1.38. The van der Waals surface area contributed by atoms with Crippen molar-refractivity contribution in [3.8, 4) is 0 Å². The second-order valence-corrected chi connectivity index (χ2v) is 5.13. The van der Waals surface area contributed by atoms with Crippen LogP contribution in [0, 0.1) is 5.41 Å². The van der Waals surface area contributed by atoms with Gasteiger partial charge in [-0.15, -0.1) is 11.8 Å². The highest BCUT2D eigenvalue weighted by atomic mass is 32.2. The van der Waals surface area contributed by atoms with Crippen LogP contribution in [0.15, 0.2) is 0 Å². The lowest BCUT2D eigenvalue weighted by Crippen LogP contribution is -2.04. The maximum atomic E-state index is 8.49. The summed E-state index contributed by atoms with van der Waals surface area (Å²) in [7, 11) is 0. The van der Waals surface area contributed by atoms with Gasteiger partial charge >= 0.3 is 0 Å². The third-order valence-electron chi connectivity index (χ3n) is 1.56. The van der Waals surface area contributed by atoms with E-state index in [4.69, 9.17) is 5.11 Å². The molecule has 0 saturated heterocycles. The molecule has 0 amide bonds. The van der Waals surface area contributed by atoms with E-state index in [1.54, 1.807) is 11.8 Å². The molecule has 2 heteroatoms. The van der Waals surface area contributed by atoms with Gasteiger partial charge in [0.25, 0.3) is 0 Å². The summed E-state index contributed by atoms with van der Waals surface area (Å²) in [5.41, 5.74) is 0.476. The van der Waals surface area contributed by atoms with Gasteiger partial charge in [-0.05, 0) is 24.0 Å². The van der Waals surface area contributed by atoms with Crippen LogP contribution in [0.2, 0.25) is 0 Å². The molecule has 0 saturated carbocycles. The van der Waals surface area contributed by atoms with Gasteiger partial charge in [0.2, 0.25) is 0 Å². The SMILES string of the molecule is CC(C)(C)CCCCSCO. The van der Waals surface area contributed by atoms with E-state index in [1.807, 2.05) is 0 Å². The topological polar surface area (TPSA) is 20.2 Å². The predicted molar refractivity (Wildman–Crippen MR) is 52.8 cm³/mol. The highest BCUT2D eigenvalue weighted by molar-refractivity contribution is 7.99. The van der Waals surface area contributed by atoms with Crippen molar-refractivity contribution in [2.45, 2.75) is 40.0 Å². The lowest BCUT2D eigenvalue weighted by atomic mass is 9.90. The maximum Gasteiger partial charge on any atom is 0.0885 e. The Morgan fingerprint density at radius 3 is 2.27 bits per heavy atom. The first-order valence-electron chi connectivity index (χ1n) is 4.25. The second-order valence-electron chi connectivity index (χ2n) is 4.06. The van der Waals surface area contributed by atoms with Crippen LogP contribution in [0.4, 0.5) is 0 Å². The Bertz CT molecular complexity index is 86.1. The predicted octanol–water partition coefficient (Wildman–Crippen LogP) is 2.89. The lowest BCUT2D eigenvalue weighted by molar-refractivity contribution is 0.363. The van der Waals surface area contributed by atoms with E-state index < -0.39 is 0 Å². The van der Waals surface area contributed by atoms with Crippen LogP contribution in [0.25, 0.3) is 0 Å². The minimum Gasteiger partial charge on any atom is -0.386 e. The Balaban J connectivity index is 3.02. The Morgan fingerprint density at radius 1 is 1.18 bits per heavy atom. The maximum absolute atomic E-state index is 8.49. The van der Waals surface area contributed by atoms with Gasteiger partial charge in [-0.1, -0.05) is 27.2 Å². The van der Waals surface area contributed by atoms with Crippen molar-refractivity contribution >= 4 is 11.8 Å². The van der Waals surface area contributed by atoms with Crippen molar-refractivity contribution in [1.82, 2.24) is 0 Å². The van der Waals surface area contributed by atoms with Crippen molar-refractivity contribution in [2.24, 2.45) is 5.41 Å². The molecule has 68 valence electrons. The minimum absolute atomic E-state index is 0.273. The molecule has 0 unspecified atom stereocenters. The van der Waals surface area contributed by atoms with Gasteiger partial charge in [-0.3, -0.25) is 0 Å². The first kappa shape index (κ1) is 11.3. The summed E-state index contributed by atoms with van der Waals surface area (Å²) in [6.45, 7) is 6.81. The molecule has 0 aliphatic heterocycles. The summed E-state index contributed by atoms with van der Waals surface area (Å²) < 4.78 is 0. The Hall–Kier alpha value is 0.310. The molecule has 1 N–H and O–H groups in total. The Kier molecular flexibility index (Phi) is 6.06. The highest BCUT2D eigenvalue weighted by Crippen LogP contribution is 2.21. The summed E-state index contributed by atoms with van der Waals surface area (Å²) in [6.07, 6.45) is 3.82. The summed E-state index contributed by atoms with van der Waals surface area (Å²) in [4.78, 5) is 0. The normalized spacial score (nSPS) is 12.0. The molecular weight excluding hydrogens is 156 g/mol. The van der Waals surface area contributed by atoms with Crippen molar-refractivity contribution in [2.75, 3.05) is 11.7 Å². The van der Waals surface area contributed by atoms with Crippen LogP contribution in [-0.4, -0.2) is 16.8 Å². The van der Waals surface area contributed by atoms with Crippen LogP contribution in [0.1, 0.15) is 40.0 Å². The average molecular weight is 176 g/mol. The molecule has 0 fully saturated rings. The monoisotopic (exact) mass is 176 g/mol. The zero-order valence-electron chi connectivity index (χ0n) is 7.89. The molecule has 0 atom stereocenters. The molecule has 0 aromatic heterocycles. The zero-order chi connectivity index (χ0) is 8.74. The van der Waals surface area contributed by atoms with E-state index in [0.717, 1.165) is 5.75 Å². The lowest BCUT2D eigenvalue weighted by Gasteiger charge is -2.17. The number of aliphatic hydroxyl groups is 1. The van der Waals surface area contributed by atoms with Gasteiger partial charge in [0.15, 0.2) is 0 Å². The number of rotatable bonds is 5. The fraction of sp³-hybridized carbons (Fsp3) is 1.00. The molecule has 0 aliphatic carbocycles. The highest BCUT2D eigenvalue weighted by Gasteiger charge is 2.08. The van der Waals surface area contributed by atoms with Gasteiger partial charge in [0.1, 0.15) is 0 Å². The van der Waals surface area contributed by atoms with Gasteiger partial charge < -0.3 is 5.11 Å². The quantitative estimate of drug-likeness (QED) is 0.513. The molecule has 0 radical (unpaired) electrons. The number of unbranched alkanes of at least 4 members (excludes halogenated alkanes) is 1. The molecule has 0 aliphatic rings. The zero-order valence-corrected chi connectivity index (χ0v) is 8.71. The molecule has 11 heavy (non-hydrogen) atoms. The van der Waals surface area contributed by atoms with E-state index in [9.17, 15) is 0 Å². The van der Waals surface area contributed by atoms with Crippen molar-refractivity contribution in [1.29, 1.82) is 0 Å². The molecule has 1 nitrogen and oxygen atoms in total. The molecule has 0 rings (SSSR count). The van der Waals surface area contributed by atoms with E-state index in [-0.39, 0.29) is 5.94 Å². The summed E-state index contributed by atoms with van der Waals surface area (Å²) in [5, 5.41) is 8.49. The van der Waals surface area contributed by atoms with E-state index >= 15 is 0 Å². The first-order chi connectivity index (χ1) is 5.06. The largest absolute Gasteiger partial charge is 0.386 e. The smallest absolute Gasteiger partial charge is 0.0885 e. The third kappa shape index (κ3) is 10.3. The van der Waals surface area contributed by atoms with Crippen LogP contribution in [0.3, 0.4) is 0 Å². The molecule has 0 heterocycles. The fourth-order valence-electron chi connectivity index (χ4n) is 0.924.